The number of alkyl halides is 5. The highest BCUT2D eigenvalue weighted by Gasteiger charge is 2.32. The maximum absolute atomic E-state index is 13.0. The first-order chi connectivity index (χ1) is 14.1. The Bertz CT molecular complexity index is 891. The van der Waals surface area contributed by atoms with Gasteiger partial charge in [0, 0.05) is 18.0 Å². The lowest BCUT2D eigenvalue weighted by atomic mass is 9.90. The van der Waals surface area contributed by atoms with E-state index in [4.69, 9.17) is 0 Å². The van der Waals surface area contributed by atoms with Gasteiger partial charge in [-0.15, -0.1) is 5.10 Å². The molecule has 1 aliphatic rings. The SMILES string of the molecule is Cc1cc([C@H](O)C2CCCN(C)C2)nnc1-c1ccc(C(F)(F)F)cc1OC(F)F. The highest BCUT2D eigenvalue weighted by molar-refractivity contribution is 5.70. The summed E-state index contributed by atoms with van der Waals surface area (Å²) < 4.78 is 68.8. The Balaban J connectivity index is 1.94. The quantitative estimate of drug-likeness (QED) is 0.709. The molecule has 0 bridgehead atoms. The zero-order valence-electron chi connectivity index (χ0n) is 16.5. The second-order valence-corrected chi connectivity index (χ2v) is 7.50. The molecule has 0 saturated carbocycles. The van der Waals surface area contributed by atoms with Crippen molar-refractivity contribution in [2.24, 2.45) is 5.92 Å². The summed E-state index contributed by atoms with van der Waals surface area (Å²) in [7, 11) is 1.97. The molecule has 1 aromatic carbocycles. The van der Waals surface area contributed by atoms with Crippen LogP contribution in [0.1, 0.15) is 35.8 Å². The number of hydrogen-bond acceptors (Lipinski definition) is 5. The molecule has 0 radical (unpaired) electrons. The minimum Gasteiger partial charge on any atom is -0.434 e. The van der Waals surface area contributed by atoms with Gasteiger partial charge in [0.2, 0.25) is 0 Å². The van der Waals surface area contributed by atoms with Gasteiger partial charge >= 0.3 is 12.8 Å². The van der Waals surface area contributed by atoms with E-state index in [-0.39, 0.29) is 17.2 Å². The maximum Gasteiger partial charge on any atom is 0.416 e. The Kier molecular flexibility index (Phi) is 6.56. The van der Waals surface area contributed by atoms with Gasteiger partial charge in [0.25, 0.3) is 0 Å². The summed E-state index contributed by atoms with van der Waals surface area (Å²) in [5.74, 6) is -0.661. The van der Waals surface area contributed by atoms with Crippen molar-refractivity contribution in [3.05, 3.63) is 41.1 Å². The van der Waals surface area contributed by atoms with Crippen molar-refractivity contribution >= 4 is 0 Å². The second kappa shape index (κ2) is 8.81. The normalized spacial score (nSPS) is 19.2. The summed E-state index contributed by atoms with van der Waals surface area (Å²) in [5, 5.41) is 18.7. The summed E-state index contributed by atoms with van der Waals surface area (Å²) in [6, 6.07) is 3.90. The molecule has 0 amide bonds. The van der Waals surface area contributed by atoms with E-state index < -0.39 is 30.2 Å². The van der Waals surface area contributed by atoms with E-state index in [1.165, 1.54) is 0 Å². The van der Waals surface area contributed by atoms with E-state index in [1.807, 2.05) is 7.05 Å². The van der Waals surface area contributed by atoms with Gasteiger partial charge in [-0.05, 0) is 63.2 Å². The van der Waals surface area contributed by atoms with Gasteiger partial charge in [0.05, 0.1) is 17.0 Å². The fourth-order valence-electron chi connectivity index (χ4n) is 3.71. The van der Waals surface area contributed by atoms with Crippen LogP contribution in [-0.2, 0) is 6.18 Å². The fourth-order valence-corrected chi connectivity index (χ4v) is 3.71. The minimum absolute atomic E-state index is 0.0212. The van der Waals surface area contributed by atoms with E-state index in [9.17, 15) is 27.1 Å². The van der Waals surface area contributed by atoms with Gasteiger partial charge in [-0.3, -0.25) is 0 Å². The molecule has 1 fully saturated rings. The minimum atomic E-state index is -4.71. The molecule has 10 heteroatoms. The molecule has 3 rings (SSSR count). The first-order valence-corrected chi connectivity index (χ1v) is 9.43. The highest BCUT2D eigenvalue weighted by atomic mass is 19.4. The highest BCUT2D eigenvalue weighted by Crippen LogP contribution is 2.38. The zero-order valence-corrected chi connectivity index (χ0v) is 16.5. The molecule has 1 aliphatic heterocycles. The number of aryl methyl sites for hydroxylation is 1. The summed E-state index contributed by atoms with van der Waals surface area (Å²) in [4.78, 5) is 2.11. The van der Waals surface area contributed by atoms with Crippen LogP contribution in [-0.4, -0.2) is 47.0 Å². The van der Waals surface area contributed by atoms with Crippen LogP contribution in [0.25, 0.3) is 11.3 Å². The summed E-state index contributed by atoms with van der Waals surface area (Å²) in [5.41, 5.74) is -0.231. The molecule has 2 atom stereocenters. The maximum atomic E-state index is 13.0. The molecule has 1 saturated heterocycles. The number of rotatable bonds is 5. The van der Waals surface area contributed by atoms with Gasteiger partial charge in [0.15, 0.2) is 0 Å². The molecule has 0 spiro atoms. The Morgan fingerprint density at radius 2 is 1.93 bits per heavy atom. The molecule has 30 heavy (non-hydrogen) atoms. The number of aliphatic hydroxyl groups is 1. The molecule has 164 valence electrons. The van der Waals surface area contributed by atoms with Gasteiger partial charge in [-0.25, -0.2) is 0 Å². The Hall–Kier alpha value is -2.33. The molecule has 1 aromatic heterocycles. The fraction of sp³-hybridized carbons (Fsp3) is 0.500. The van der Waals surface area contributed by atoms with Gasteiger partial charge in [0.1, 0.15) is 11.9 Å². The molecular weight excluding hydrogens is 409 g/mol. The van der Waals surface area contributed by atoms with E-state index >= 15 is 0 Å². The van der Waals surface area contributed by atoms with Gasteiger partial charge in [-0.1, -0.05) is 0 Å². The Labute approximate surface area is 170 Å². The summed E-state index contributed by atoms with van der Waals surface area (Å²) in [6.07, 6.45) is -3.78. The predicted molar refractivity (Wildman–Crippen MR) is 99.0 cm³/mol. The number of nitrogens with zero attached hydrogens (tertiary/aromatic N) is 3. The van der Waals surface area contributed by atoms with Crippen LogP contribution in [0, 0.1) is 12.8 Å². The summed E-state index contributed by atoms with van der Waals surface area (Å²) >= 11 is 0. The molecule has 1 N–H and O–H groups in total. The summed E-state index contributed by atoms with van der Waals surface area (Å²) in [6.45, 7) is -0.0236. The van der Waals surface area contributed by atoms with Crippen molar-refractivity contribution in [1.29, 1.82) is 0 Å². The molecule has 2 aromatic rings. The molecule has 5 nitrogen and oxygen atoms in total. The third-order valence-corrected chi connectivity index (χ3v) is 5.19. The van der Waals surface area contributed by atoms with Crippen LogP contribution in [0.3, 0.4) is 0 Å². The Morgan fingerprint density at radius 1 is 1.20 bits per heavy atom. The van der Waals surface area contributed by atoms with Crippen molar-refractivity contribution in [3.8, 4) is 17.0 Å². The number of piperidine rings is 1. The third kappa shape index (κ3) is 5.04. The van der Waals surface area contributed by atoms with Crippen molar-refractivity contribution in [2.45, 2.75) is 38.7 Å². The van der Waals surface area contributed by atoms with Crippen LogP contribution < -0.4 is 4.74 Å². The molecule has 1 unspecified atom stereocenters. The van der Waals surface area contributed by atoms with Crippen molar-refractivity contribution in [3.63, 3.8) is 0 Å². The smallest absolute Gasteiger partial charge is 0.416 e. The number of likely N-dealkylation sites (tertiary alicyclic amines) is 1. The topological polar surface area (TPSA) is 58.5 Å². The number of hydrogen-bond donors (Lipinski definition) is 1. The second-order valence-electron chi connectivity index (χ2n) is 7.50. The number of aromatic nitrogens is 2. The van der Waals surface area contributed by atoms with E-state index in [0.29, 0.717) is 23.9 Å². The van der Waals surface area contributed by atoms with E-state index in [1.54, 1.807) is 13.0 Å². The number of aliphatic hydroxyl groups excluding tert-OH is 1. The Morgan fingerprint density at radius 3 is 2.53 bits per heavy atom. The number of halogens is 5. The average Bonchev–Trinajstić information content (AvgIpc) is 2.66. The van der Waals surface area contributed by atoms with Crippen LogP contribution in [0.15, 0.2) is 24.3 Å². The van der Waals surface area contributed by atoms with Crippen LogP contribution >= 0.6 is 0 Å². The van der Waals surface area contributed by atoms with Gasteiger partial charge < -0.3 is 14.7 Å². The van der Waals surface area contributed by atoms with Crippen LogP contribution in [0.4, 0.5) is 22.0 Å². The van der Waals surface area contributed by atoms with Gasteiger partial charge in [-0.2, -0.15) is 27.1 Å². The first-order valence-electron chi connectivity index (χ1n) is 9.43. The number of ether oxygens (including phenoxy) is 1. The monoisotopic (exact) mass is 431 g/mol. The first kappa shape index (κ1) is 22.4. The lowest BCUT2D eigenvalue weighted by Gasteiger charge is -2.32. The van der Waals surface area contributed by atoms with Crippen LogP contribution in [0.2, 0.25) is 0 Å². The predicted octanol–water partition coefficient (Wildman–Crippen LogP) is 4.45. The third-order valence-electron chi connectivity index (χ3n) is 5.19. The largest absolute Gasteiger partial charge is 0.434 e. The lowest BCUT2D eigenvalue weighted by molar-refractivity contribution is -0.138. The standard InChI is InChI=1S/C20H22F5N3O2/c1-11-8-15(18(29)12-4-3-7-28(2)10-12)26-27-17(11)14-6-5-13(20(23,24)25)9-16(14)30-19(21)22/h5-6,8-9,12,18-19,29H,3-4,7,10H2,1-2H3/t12?,18-/m1/s1. The average molecular weight is 431 g/mol. The van der Waals surface area contributed by atoms with Crippen molar-refractivity contribution < 1.29 is 31.8 Å². The molecular formula is C20H22F5N3O2. The van der Waals surface area contributed by atoms with E-state index in [0.717, 1.165) is 31.5 Å². The van der Waals surface area contributed by atoms with Crippen molar-refractivity contribution in [1.82, 2.24) is 15.1 Å². The zero-order chi connectivity index (χ0) is 22.1. The molecule has 0 aliphatic carbocycles. The van der Waals surface area contributed by atoms with E-state index in [2.05, 4.69) is 19.8 Å². The number of benzene rings is 1. The van der Waals surface area contributed by atoms with Crippen LogP contribution in [0.5, 0.6) is 5.75 Å². The van der Waals surface area contributed by atoms with Crippen molar-refractivity contribution in [2.75, 3.05) is 20.1 Å². The lowest BCUT2D eigenvalue weighted by Crippen LogP contribution is -2.35. The molecule has 2 heterocycles.